The molecule has 25 heavy (non-hydrogen) atoms. The van der Waals surface area contributed by atoms with Crippen LogP contribution >= 0.6 is 0 Å². The second-order valence-electron chi connectivity index (χ2n) is 5.74. The van der Waals surface area contributed by atoms with E-state index in [4.69, 9.17) is 0 Å². The zero-order valence-electron chi connectivity index (χ0n) is 14.5. The highest BCUT2D eigenvalue weighted by atomic mass is 32.2. The topological polar surface area (TPSA) is 60.4 Å². The number of quaternary nitrogens is 1. The molecule has 0 aliphatic rings. The summed E-state index contributed by atoms with van der Waals surface area (Å²) in [4.78, 5) is 0. The number of hydroxylamine groups is 3. The summed E-state index contributed by atoms with van der Waals surface area (Å²) in [6.07, 6.45) is -0.178. The highest BCUT2D eigenvalue weighted by molar-refractivity contribution is 7.90. The molecule has 0 fully saturated rings. The lowest BCUT2D eigenvalue weighted by atomic mass is 10.2. The molecule has 152 valence electrons. The molecule has 0 aromatic heterocycles. The predicted molar refractivity (Wildman–Crippen MR) is 80.9 cm³/mol. The number of alkyl halides is 6. The van der Waals surface area contributed by atoms with E-state index in [1.54, 1.807) is 13.8 Å². The van der Waals surface area contributed by atoms with Gasteiger partial charge in [0.2, 0.25) is 0 Å². The molecule has 0 bridgehead atoms. The molecule has 0 aromatic carbocycles. The first-order valence-corrected chi connectivity index (χ1v) is 9.18. The summed E-state index contributed by atoms with van der Waals surface area (Å²) in [7, 11) is -6.06. The number of sulfonamides is 1. The van der Waals surface area contributed by atoms with E-state index in [2.05, 4.69) is 0 Å². The van der Waals surface area contributed by atoms with Crippen molar-refractivity contribution in [3.05, 3.63) is 5.21 Å². The highest BCUT2D eigenvalue weighted by Gasteiger charge is 2.76. The van der Waals surface area contributed by atoms with Gasteiger partial charge in [-0.15, -0.1) is 0 Å². The molecule has 0 aromatic rings. The van der Waals surface area contributed by atoms with Crippen LogP contribution in [0.15, 0.2) is 0 Å². The van der Waals surface area contributed by atoms with Gasteiger partial charge in [-0.3, -0.25) is 0 Å². The van der Waals surface area contributed by atoms with Crippen LogP contribution in [0.1, 0.15) is 34.1 Å². The molecule has 0 saturated heterocycles. The number of nitrogens with zero attached hydrogens (tertiary/aromatic N) is 2. The van der Waals surface area contributed by atoms with Crippen LogP contribution in [0.5, 0.6) is 0 Å². The van der Waals surface area contributed by atoms with Gasteiger partial charge < -0.3 is 9.85 Å². The summed E-state index contributed by atoms with van der Waals surface area (Å²) in [6.45, 7) is 2.73. The van der Waals surface area contributed by atoms with Crippen molar-refractivity contribution in [3.8, 4) is 0 Å². The third kappa shape index (κ3) is 4.77. The Labute approximate surface area is 143 Å². The lowest BCUT2D eigenvalue weighted by Crippen LogP contribution is -2.60. The number of rotatable bonds is 11. The fourth-order valence-corrected chi connectivity index (χ4v) is 3.64. The van der Waals surface area contributed by atoms with E-state index >= 15 is 0 Å². The number of hydrogen-bond donors (Lipinski definition) is 0. The van der Waals surface area contributed by atoms with Gasteiger partial charge in [-0.1, -0.05) is 6.92 Å². The Morgan fingerprint density at radius 2 is 1.44 bits per heavy atom. The summed E-state index contributed by atoms with van der Waals surface area (Å²) < 4.78 is 103. The summed E-state index contributed by atoms with van der Waals surface area (Å²) in [5.74, 6) is -11.3. The Morgan fingerprint density at radius 3 is 1.76 bits per heavy atom. The van der Waals surface area contributed by atoms with Crippen LogP contribution in [0.4, 0.5) is 26.3 Å². The number of halogens is 6. The smallest absolute Gasteiger partial charge is 0.427 e. The number of hydrogen-bond acceptors (Lipinski definition) is 3. The van der Waals surface area contributed by atoms with Gasteiger partial charge in [0.25, 0.3) is 10.0 Å². The minimum absolute atomic E-state index is 0.00229. The molecule has 0 unspecified atom stereocenters. The highest BCUT2D eigenvalue weighted by Crippen LogP contribution is 2.49. The standard InChI is InChI=1S/C13H24F6N2O3S/c1-5-20(9-8-10-21(22,6-2)7-3)25(23,24)13(18,19)12(16,17)11(4,14)15/h5-10H2,1-4H3. The minimum atomic E-state index is -6.09. The fraction of sp³-hybridized carbons (Fsp3) is 1.00. The molecule has 0 radical (unpaired) electrons. The zero-order valence-corrected chi connectivity index (χ0v) is 15.4. The molecule has 0 N–H and O–H groups in total. The van der Waals surface area contributed by atoms with E-state index in [0.29, 0.717) is 0 Å². The molecule has 0 aliphatic heterocycles. The van der Waals surface area contributed by atoms with Crippen LogP contribution in [0.25, 0.3) is 0 Å². The molecule has 0 heterocycles. The average molecular weight is 402 g/mol. The molecule has 0 atom stereocenters. The first-order chi connectivity index (χ1) is 11.0. The summed E-state index contributed by atoms with van der Waals surface area (Å²) in [5.41, 5.74) is 0. The van der Waals surface area contributed by atoms with E-state index in [9.17, 15) is 40.0 Å². The van der Waals surface area contributed by atoms with Crippen LogP contribution in [0.3, 0.4) is 0 Å². The Balaban J connectivity index is 5.45. The molecule has 0 spiro atoms. The third-order valence-corrected chi connectivity index (χ3v) is 6.08. The van der Waals surface area contributed by atoms with Gasteiger partial charge in [0.05, 0.1) is 19.6 Å². The second kappa shape index (κ2) is 7.97. The lowest BCUT2D eigenvalue weighted by molar-refractivity contribution is -0.877. The van der Waals surface area contributed by atoms with Crippen LogP contribution in [0.2, 0.25) is 0 Å². The molecule has 12 heteroatoms. The van der Waals surface area contributed by atoms with Gasteiger partial charge >= 0.3 is 17.1 Å². The van der Waals surface area contributed by atoms with Crippen LogP contribution in [-0.2, 0) is 10.0 Å². The summed E-state index contributed by atoms with van der Waals surface area (Å²) >= 11 is 0. The third-order valence-electron chi connectivity index (χ3n) is 4.06. The van der Waals surface area contributed by atoms with Gasteiger partial charge in [-0.05, 0) is 13.8 Å². The van der Waals surface area contributed by atoms with Crippen LogP contribution < -0.4 is 0 Å². The van der Waals surface area contributed by atoms with Gasteiger partial charge in [0, 0.05) is 26.4 Å². The van der Waals surface area contributed by atoms with Gasteiger partial charge in [-0.2, -0.15) is 30.6 Å². The van der Waals surface area contributed by atoms with Crippen molar-refractivity contribution in [1.29, 1.82) is 0 Å². The summed E-state index contributed by atoms with van der Waals surface area (Å²) in [5, 5.41) is 6.06. The van der Waals surface area contributed by atoms with E-state index in [-0.39, 0.29) is 30.4 Å². The van der Waals surface area contributed by atoms with Crippen molar-refractivity contribution in [2.24, 2.45) is 0 Å². The monoisotopic (exact) mass is 402 g/mol. The van der Waals surface area contributed by atoms with Crippen molar-refractivity contribution in [3.63, 3.8) is 0 Å². The average Bonchev–Trinajstić information content (AvgIpc) is 2.49. The minimum Gasteiger partial charge on any atom is -0.633 e. The van der Waals surface area contributed by atoms with Crippen molar-refractivity contribution in [2.75, 3.05) is 32.7 Å². The first kappa shape index (κ1) is 24.4. The maximum absolute atomic E-state index is 13.8. The Morgan fingerprint density at radius 1 is 1.00 bits per heavy atom. The van der Waals surface area contributed by atoms with E-state index in [0.717, 1.165) is 6.92 Å². The van der Waals surface area contributed by atoms with E-state index in [1.807, 2.05) is 0 Å². The zero-order chi connectivity index (χ0) is 20.3. The largest absolute Gasteiger partial charge is 0.633 e. The Bertz CT molecular complexity index is 532. The van der Waals surface area contributed by atoms with E-state index < -0.39 is 51.8 Å². The SMILES string of the molecule is CCN(CCC[N+]([O-])(CC)CC)S(=O)(=O)C(F)(F)C(F)(F)C(C)(F)F. The van der Waals surface area contributed by atoms with Crippen LogP contribution in [-0.4, -0.2) is 67.2 Å². The van der Waals surface area contributed by atoms with Crippen molar-refractivity contribution >= 4 is 10.0 Å². The molecule has 0 saturated carbocycles. The van der Waals surface area contributed by atoms with Crippen molar-refractivity contribution in [1.82, 2.24) is 4.31 Å². The molecule has 0 rings (SSSR count). The Kier molecular flexibility index (Phi) is 7.78. The van der Waals surface area contributed by atoms with E-state index in [1.165, 1.54) is 0 Å². The molecular formula is C13H24F6N2O3S. The first-order valence-electron chi connectivity index (χ1n) is 7.74. The molecule has 0 amide bonds. The second-order valence-corrected chi connectivity index (χ2v) is 7.72. The lowest BCUT2D eigenvalue weighted by Gasteiger charge is -2.41. The fourth-order valence-electron chi connectivity index (χ4n) is 2.10. The van der Waals surface area contributed by atoms with Gasteiger partial charge in [0.1, 0.15) is 0 Å². The Hall–Kier alpha value is -0.590. The summed E-state index contributed by atoms with van der Waals surface area (Å²) in [6, 6.07) is 0. The molecule has 0 aliphatic carbocycles. The van der Waals surface area contributed by atoms with Crippen molar-refractivity contribution < 1.29 is 39.4 Å². The van der Waals surface area contributed by atoms with Crippen LogP contribution in [0, 0.1) is 5.21 Å². The molecule has 5 nitrogen and oxygen atoms in total. The van der Waals surface area contributed by atoms with Gasteiger partial charge in [-0.25, -0.2) is 8.42 Å². The van der Waals surface area contributed by atoms with Gasteiger partial charge in [0.15, 0.2) is 0 Å². The predicted octanol–water partition coefficient (Wildman–Crippen LogP) is 3.27. The quantitative estimate of drug-likeness (QED) is 0.303. The van der Waals surface area contributed by atoms with Crippen molar-refractivity contribution in [2.45, 2.75) is 51.2 Å². The maximum Gasteiger partial charge on any atom is 0.427 e. The normalized spacial score (nSPS) is 15.0. The maximum atomic E-state index is 13.8. The molecular weight excluding hydrogens is 378 g/mol.